The van der Waals surface area contributed by atoms with Crippen LogP contribution in [-0.2, 0) is 4.79 Å². The molecule has 5 nitrogen and oxygen atoms in total. The summed E-state index contributed by atoms with van der Waals surface area (Å²) in [5, 5.41) is 5.11. The van der Waals surface area contributed by atoms with Crippen molar-refractivity contribution in [3.8, 4) is 0 Å². The van der Waals surface area contributed by atoms with Gasteiger partial charge in [0.15, 0.2) is 0 Å². The number of amides is 2. The molecule has 96 valence electrons. The molecule has 6 heteroatoms. The predicted octanol–water partition coefficient (Wildman–Crippen LogP) is 0.639. The normalized spacial score (nSPS) is 9.83. The number of primary amides is 1. The van der Waals surface area contributed by atoms with Gasteiger partial charge < -0.3 is 16.4 Å². The Labute approximate surface area is 104 Å². The number of carbonyl (C=O) groups excluding carboxylic acids is 2. The fraction of sp³-hybridized carbons (Fsp3) is 0.167. The number of benzene rings is 1. The number of halogens is 1. The highest BCUT2D eigenvalue weighted by Crippen LogP contribution is 2.15. The molecular weight excluding hydrogens is 237 g/mol. The summed E-state index contributed by atoms with van der Waals surface area (Å²) in [5.74, 6) is -1.73. The second-order valence-electron chi connectivity index (χ2n) is 3.53. The highest BCUT2D eigenvalue weighted by molar-refractivity contribution is 5.96. The van der Waals surface area contributed by atoms with Crippen molar-refractivity contribution in [2.75, 3.05) is 18.4 Å². The van der Waals surface area contributed by atoms with Crippen molar-refractivity contribution in [1.82, 2.24) is 5.32 Å². The fourth-order valence-corrected chi connectivity index (χ4v) is 1.26. The van der Waals surface area contributed by atoms with E-state index in [1.165, 1.54) is 12.1 Å². The van der Waals surface area contributed by atoms with E-state index in [1.54, 1.807) is 6.08 Å². The molecule has 18 heavy (non-hydrogen) atoms. The molecule has 1 aromatic rings. The van der Waals surface area contributed by atoms with Crippen molar-refractivity contribution in [2.45, 2.75) is 0 Å². The van der Waals surface area contributed by atoms with Crippen LogP contribution >= 0.6 is 0 Å². The monoisotopic (exact) mass is 251 g/mol. The van der Waals surface area contributed by atoms with Gasteiger partial charge in [0.1, 0.15) is 5.82 Å². The van der Waals surface area contributed by atoms with Crippen molar-refractivity contribution in [1.29, 1.82) is 0 Å². The van der Waals surface area contributed by atoms with Crippen LogP contribution in [0.2, 0.25) is 0 Å². The molecule has 4 N–H and O–H groups in total. The lowest BCUT2D eigenvalue weighted by atomic mass is 10.2. The number of nitrogens with two attached hydrogens (primary N) is 1. The molecule has 0 fully saturated rings. The van der Waals surface area contributed by atoms with Gasteiger partial charge in [-0.25, -0.2) is 4.39 Å². The van der Waals surface area contributed by atoms with Gasteiger partial charge in [-0.05, 0) is 18.2 Å². The zero-order valence-electron chi connectivity index (χ0n) is 9.70. The largest absolute Gasteiger partial charge is 0.366 e. The van der Waals surface area contributed by atoms with Crippen LogP contribution in [0.1, 0.15) is 10.4 Å². The van der Waals surface area contributed by atoms with Crippen molar-refractivity contribution < 1.29 is 14.0 Å². The summed E-state index contributed by atoms with van der Waals surface area (Å²) >= 11 is 0. The van der Waals surface area contributed by atoms with E-state index in [4.69, 9.17) is 5.73 Å². The first-order chi connectivity index (χ1) is 8.54. The molecule has 0 aliphatic carbocycles. The standard InChI is InChI=1S/C12H14FN3O2/c1-2-5-15-7-11(17)16-10-6-8(12(14)18)3-4-9(10)13/h2-4,6,15H,1,5,7H2,(H2,14,18)(H,16,17). The molecule has 1 aromatic carbocycles. The molecule has 2 amide bonds. The van der Waals surface area contributed by atoms with Gasteiger partial charge in [-0.3, -0.25) is 9.59 Å². The van der Waals surface area contributed by atoms with E-state index in [0.29, 0.717) is 6.54 Å². The SMILES string of the molecule is C=CCNCC(=O)Nc1cc(C(N)=O)ccc1F. The molecule has 0 atom stereocenters. The smallest absolute Gasteiger partial charge is 0.248 e. The summed E-state index contributed by atoms with van der Waals surface area (Å²) in [5.41, 5.74) is 5.12. The van der Waals surface area contributed by atoms with Gasteiger partial charge in [-0.2, -0.15) is 0 Å². The maximum atomic E-state index is 13.4. The van der Waals surface area contributed by atoms with E-state index in [9.17, 15) is 14.0 Å². The first-order valence-electron chi connectivity index (χ1n) is 5.25. The summed E-state index contributed by atoms with van der Waals surface area (Å²) in [4.78, 5) is 22.4. The summed E-state index contributed by atoms with van der Waals surface area (Å²) in [7, 11) is 0. The van der Waals surface area contributed by atoms with E-state index >= 15 is 0 Å². The zero-order valence-corrected chi connectivity index (χ0v) is 9.70. The average molecular weight is 251 g/mol. The number of rotatable bonds is 6. The van der Waals surface area contributed by atoms with Crippen molar-refractivity contribution in [3.05, 3.63) is 42.2 Å². The third-order valence-corrected chi connectivity index (χ3v) is 2.10. The highest BCUT2D eigenvalue weighted by Gasteiger charge is 2.09. The maximum absolute atomic E-state index is 13.4. The first kappa shape index (κ1) is 13.9. The number of carbonyl (C=O) groups is 2. The van der Waals surface area contributed by atoms with Crippen LogP contribution in [0.15, 0.2) is 30.9 Å². The van der Waals surface area contributed by atoms with Crippen molar-refractivity contribution in [3.63, 3.8) is 0 Å². The average Bonchev–Trinajstić information content (AvgIpc) is 2.32. The quantitative estimate of drug-likeness (QED) is 0.512. The van der Waals surface area contributed by atoms with Crippen LogP contribution in [0.25, 0.3) is 0 Å². The van der Waals surface area contributed by atoms with Gasteiger partial charge in [0.2, 0.25) is 11.8 Å². The number of nitrogens with one attached hydrogen (secondary N) is 2. The summed E-state index contributed by atoms with van der Waals surface area (Å²) in [6.07, 6.45) is 1.60. The second kappa shape index (κ2) is 6.51. The number of hydrogen-bond donors (Lipinski definition) is 3. The Bertz CT molecular complexity index is 474. The zero-order chi connectivity index (χ0) is 13.5. The predicted molar refractivity (Wildman–Crippen MR) is 66.6 cm³/mol. The summed E-state index contributed by atoms with van der Waals surface area (Å²) < 4.78 is 13.4. The molecule has 0 aliphatic heterocycles. The van der Waals surface area contributed by atoms with E-state index < -0.39 is 17.6 Å². The van der Waals surface area contributed by atoms with Crippen LogP contribution in [0.5, 0.6) is 0 Å². The van der Waals surface area contributed by atoms with Gasteiger partial charge in [-0.15, -0.1) is 6.58 Å². The third-order valence-electron chi connectivity index (χ3n) is 2.10. The minimum absolute atomic E-state index is 0.0201. The van der Waals surface area contributed by atoms with Crippen LogP contribution in [0.4, 0.5) is 10.1 Å². The van der Waals surface area contributed by atoms with Gasteiger partial charge in [-0.1, -0.05) is 6.08 Å². The lowest BCUT2D eigenvalue weighted by Gasteiger charge is -2.07. The van der Waals surface area contributed by atoms with Crippen molar-refractivity contribution in [2.24, 2.45) is 5.73 Å². The molecule has 0 aromatic heterocycles. The van der Waals surface area contributed by atoms with Crippen LogP contribution in [0, 0.1) is 5.82 Å². The molecule has 0 unspecified atom stereocenters. The third kappa shape index (κ3) is 3.99. The first-order valence-corrected chi connectivity index (χ1v) is 5.25. The van der Waals surface area contributed by atoms with Crippen LogP contribution in [0.3, 0.4) is 0 Å². The van der Waals surface area contributed by atoms with Crippen molar-refractivity contribution >= 4 is 17.5 Å². The summed E-state index contributed by atoms with van der Waals surface area (Å²) in [6, 6.07) is 3.53. The molecule has 0 bridgehead atoms. The lowest BCUT2D eigenvalue weighted by Crippen LogP contribution is -2.28. The minimum Gasteiger partial charge on any atom is -0.366 e. The summed E-state index contributed by atoms with van der Waals surface area (Å²) in [6.45, 7) is 3.97. The minimum atomic E-state index is -0.685. The highest BCUT2D eigenvalue weighted by atomic mass is 19.1. The molecule has 0 saturated heterocycles. The fourth-order valence-electron chi connectivity index (χ4n) is 1.26. The number of hydrogen-bond acceptors (Lipinski definition) is 3. The molecule has 0 spiro atoms. The Morgan fingerprint density at radius 3 is 2.78 bits per heavy atom. The molecule has 0 radical (unpaired) electrons. The van der Waals surface area contributed by atoms with Crippen LogP contribution < -0.4 is 16.4 Å². The molecule has 0 saturated carbocycles. The molecular formula is C12H14FN3O2. The van der Waals surface area contributed by atoms with E-state index in [2.05, 4.69) is 17.2 Å². The second-order valence-corrected chi connectivity index (χ2v) is 3.53. The Kier molecular flexibility index (Phi) is 5.01. The molecule has 1 rings (SSSR count). The van der Waals surface area contributed by atoms with Gasteiger partial charge >= 0.3 is 0 Å². The Morgan fingerprint density at radius 2 is 2.17 bits per heavy atom. The number of anilines is 1. The van der Waals surface area contributed by atoms with Crippen LogP contribution in [-0.4, -0.2) is 24.9 Å². The van der Waals surface area contributed by atoms with E-state index in [1.807, 2.05) is 0 Å². The molecule has 0 heterocycles. The topological polar surface area (TPSA) is 84.2 Å². The maximum Gasteiger partial charge on any atom is 0.248 e. The van der Waals surface area contributed by atoms with Gasteiger partial charge in [0, 0.05) is 12.1 Å². The van der Waals surface area contributed by atoms with E-state index in [0.717, 1.165) is 6.07 Å². The lowest BCUT2D eigenvalue weighted by molar-refractivity contribution is -0.115. The van der Waals surface area contributed by atoms with Gasteiger partial charge in [0.05, 0.1) is 12.2 Å². The Morgan fingerprint density at radius 1 is 1.44 bits per heavy atom. The Hall–Kier alpha value is -2.21. The van der Waals surface area contributed by atoms with Gasteiger partial charge in [0.25, 0.3) is 0 Å². The molecule has 0 aliphatic rings. The van der Waals surface area contributed by atoms with E-state index in [-0.39, 0.29) is 17.8 Å². The Balaban J connectivity index is 2.71.